The average Bonchev–Trinajstić information content (AvgIpc) is 2.64. The van der Waals surface area contributed by atoms with Crippen LogP contribution in [0.4, 0.5) is 11.5 Å². The highest BCUT2D eigenvalue weighted by molar-refractivity contribution is 5.81. The van der Waals surface area contributed by atoms with Gasteiger partial charge in [-0.1, -0.05) is 0 Å². The Morgan fingerprint density at radius 2 is 1.79 bits per heavy atom. The highest BCUT2D eigenvalue weighted by Crippen LogP contribution is 2.22. The fourth-order valence-corrected chi connectivity index (χ4v) is 3.02. The van der Waals surface area contributed by atoms with Gasteiger partial charge < -0.3 is 9.80 Å². The van der Waals surface area contributed by atoms with Crippen molar-refractivity contribution in [1.82, 2.24) is 19.7 Å². The Morgan fingerprint density at radius 3 is 2.58 bits per heavy atom. The lowest BCUT2D eigenvalue weighted by molar-refractivity contribution is 0.623. The van der Waals surface area contributed by atoms with Crippen LogP contribution >= 0.6 is 0 Å². The number of hydrogen-bond donors (Lipinski definition) is 0. The summed E-state index contributed by atoms with van der Waals surface area (Å²) in [7, 11) is 1.68. The van der Waals surface area contributed by atoms with E-state index in [1.807, 2.05) is 12.3 Å². The van der Waals surface area contributed by atoms with Crippen molar-refractivity contribution in [3.8, 4) is 0 Å². The minimum atomic E-state index is -0.0873. The van der Waals surface area contributed by atoms with Gasteiger partial charge in [0.25, 0.3) is 5.56 Å². The summed E-state index contributed by atoms with van der Waals surface area (Å²) in [6.07, 6.45) is 3.41. The van der Waals surface area contributed by atoms with Gasteiger partial charge in [-0.3, -0.25) is 4.79 Å². The van der Waals surface area contributed by atoms with E-state index in [4.69, 9.17) is 0 Å². The number of nitrogens with zero attached hydrogens (tertiary/aromatic N) is 6. The van der Waals surface area contributed by atoms with Crippen LogP contribution in [0, 0.1) is 0 Å². The third-order valence-electron chi connectivity index (χ3n) is 4.40. The van der Waals surface area contributed by atoms with E-state index in [2.05, 4.69) is 37.0 Å². The Hall–Kier alpha value is -2.96. The first kappa shape index (κ1) is 14.6. The van der Waals surface area contributed by atoms with Gasteiger partial charge in [0.2, 0.25) is 0 Å². The zero-order valence-electron chi connectivity index (χ0n) is 13.5. The first-order valence-corrected chi connectivity index (χ1v) is 7.95. The second kappa shape index (κ2) is 5.92. The number of benzene rings is 1. The molecule has 3 aromatic rings. The molecule has 0 atom stereocenters. The van der Waals surface area contributed by atoms with Gasteiger partial charge in [0.1, 0.15) is 12.1 Å². The van der Waals surface area contributed by atoms with Crippen molar-refractivity contribution in [2.45, 2.75) is 0 Å². The van der Waals surface area contributed by atoms with Gasteiger partial charge in [0.15, 0.2) is 0 Å². The van der Waals surface area contributed by atoms with E-state index in [0.29, 0.717) is 0 Å². The van der Waals surface area contributed by atoms with Crippen LogP contribution < -0.4 is 15.4 Å². The van der Waals surface area contributed by atoms with Crippen LogP contribution in [0.2, 0.25) is 0 Å². The van der Waals surface area contributed by atoms with Crippen LogP contribution in [0.1, 0.15) is 0 Å². The van der Waals surface area contributed by atoms with E-state index in [0.717, 1.165) is 42.9 Å². The fraction of sp³-hybridized carbons (Fsp3) is 0.294. The normalized spacial score (nSPS) is 15.0. The predicted molar refractivity (Wildman–Crippen MR) is 93.4 cm³/mol. The molecule has 1 saturated heterocycles. The minimum Gasteiger partial charge on any atom is -0.368 e. The van der Waals surface area contributed by atoms with Crippen molar-refractivity contribution in [3.05, 3.63) is 53.2 Å². The molecule has 1 aliphatic rings. The summed E-state index contributed by atoms with van der Waals surface area (Å²) in [5.41, 5.74) is 2.06. The minimum absolute atomic E-state index is 0.0873. The molecule has 122 valence electrons. The Labute approximate surface area is 139 Å². The summed E-state index contributed by atoms with van der Waals surface area (Å²) in [5.74, 6) is 0.851. The van der Waals surface area contributed by atoms with Gasteiger partial charge in [-0.05, 0) is 24.3 Å². The summed E-state index contributed by atoms with van der Waals surface area (Å²) < 4.78 is 1.38. The molecule has 7 nitrogen and oxygen atoms in total. The van der Waals surface area contributed by atoms with Gasteiger partial charge in [-0.15, -0.1) is 0 Å². The lowest BCUT2D eigenvalue weighted by Crippen LogP contribution is -2.47. The number of anilines is 2. The zero-order chi connectivity index (χ0) is 16.5. The SMILES string of the molecule is Cn1nc(N2CCN(c3ccc4ncncc4c3)CC2)ccc1=O. The fourth-order valence-electron chi connectivity index (χ4n) is 3.02. The lowest BCUT2D eigenvalue weighted by atomic mass is 10.2. The van der Waals surface area contributed by atoms with E-state index in [1.54, 1.807) is 25.5 Å². The van der Waals surface area contributed by atoms with Gasteiger partial charge in [-0.25, -0.2) is 14.6 Å². The molecule has 24 heavy (non-hydrogen) atoms. The maximum atomic E-state index is 11.5. The average molecular weight is 322 g/mol. The standard InChI is InChI=1S/C17H18N6O/c1-21-17(24)5-4-16(20-21)23-8-6-22(7-9-23)14-2-3-15-13(10-14)11-18-12-19-15/h2-5,10-12H,6-9H2,1H3. The number of piperazine rings is 1. The third kappa shape index (κ3) is 2.68. The summed E-state index contributed by atoms with van der Waals surface area (Å²) >= 11 is 0. The first-order chi connectivity index (χ1) is 11.7. The number of rotatable bonds is 2. The van der Waals surface area contributed by atoms with E-state index >= 15 is 0 Å². The molecule has 0 saturated carbocycles. The summed E-state index contributed by atoms with van der Waals surface area (Å²) in [6.45, 7) is 3.55. The van der Waals surface area contributed by atoms with E-state index < -0.39 is 0 Å². The Bertz CT molecular complexity index is 930. The lowest BCUT2D eigenvalue weighted by Gasteiger charge is -2.36. The van der Waals surface area contributed by atoms with Gasteiger partial charge in [0, 0.05) is 56.6 Å². The van der Waals surface area contributed by atoms with Gasteiger partial charge in [-0.2, -0.15) is 5.10 Å². The molecule has 0 radical (unpaired) electrons. The molecule has 7 heteroatoms. The third-order valence-corrected chi connectivity index (χ3v) is 4.40. The topological polar surface area (TPSA) is 67.2 Å². The number of hydrogen-bond acceptors (Lipinski definition) is 6. The van der Waals surface area contributed by atoms with Crippen molar-refractivity contribution in [2.75, 3.05) is 36.0 Å². The monoisotopic (exact) mass is 322 g/mol. The van der Waals surface area contributed by atoms with Crippen LogP contribution in [0.25, 0.3) is 10.9 Å². The summed E-state index contributed by atoms with van der Waals surface area (Å²) in [6, 6.07) is 9.64. The maximum absolute atomic E-state index is 11.5. The van der Waals surface area contributed by atoms with E-state index in [9.17, 15) is 4.79 Å². The van der Waals surface area contributed by atoms with Crippen molar-refractivity contribution < 1.29 is 0 Å². The van der Waals surface area contributed by atoms with Crippen molar-refractivity contribution in [1.29, 1.82) is 0 Å². The highest BCUT2D eigenvalue weighted by atomic mass is 16.1. The molecule has 0 spiro atoms. The Morgan fingerprint density at radius 1 is 1.00 bits per heavy atom. The smallest absolute Gasteiger partial charge is 0.266 e. The predicted octanol–water partition coefficient (Wildman–Crippen LogP) is 1.05. The highest BCUT2D eigenvalue weighted by Gasteiger charge is 2.19. The molecule has 0 bridgehead atoms. The molecule has 1 aliphatic heterocycles. The first-order valence-electron chi connectivity index (χ1n) is 7.95. The van der Waals surface area contributed by atoms with Crippen molar-refractivity contribution in [3.63, 3.8) is 0 Å². The number of fused-ring (bicyclic) bond motifs is 1. The second-order valence-corrected chi connectivity index (χ2v) is 5.89. The number of aromatic nitrogens is 4. The quantitative estimate of drug-likeness (QED) is 0.702. The summed E-state index contributed by atoms with van der Waals surface area (Å²) in [4.78, 5) is 24.4. The number of aryl methyl sites for hydroxylation is 1. The van der Waals surface area contributed by atoms with Crippen LogP contribution in [0.5, 0.6) is 0 Å². The van der Waals surface area contributed by atoms with Crippen LogP contribution in [-0.2, 0) is 7.05 Å². The molecule has 0 aliphatic carbocycles. The van der Waals surface area contributed by atoms with Crippen molar-refractivity contribution >= 4 is 22.4 Å². The molecule has 0 N–H and O–H groups in total. The molecule has 3 heterocycles. The van der Waals surface area contributed by atoms with Crippen LogP contribution in [0.3, 0.4) is 0 Å². The molecular weight excluding hydrogens is 304 g/mol. The largest absolute Gasteiger partial charge is 0.368 e. The Balaban J connectivity index is 1.50. The van der Waals surface area contributed by atoms with Crippen LogP contribution in [0.15, 0.2) is 47.7 Å². The molecule has 0 amide bonds. The van der Waals surface area contributed by atoms with Gasteiger partial charge in [0.05, 0.1) is 5.52 Å². The molecule has 1 fully saturated rings. The maximum Gasteiger partial charge on any atom is 0.266 e. The molecule has 1 aromatic carbocycles. The molecular formula is C17H18N6O. The van der Waals surface area contributed by atoms with E-state index in [-0.39, 0.29) is 5.56 Å². The van der Waals surface area contributed by atoms with E-state index in [1.165, 1.54) is 10.4 Å². The second-order valence-electron chi connectivity index (χ2n) is 5.89. The van der Waals surface area contributed by atoms with Crippen molar-refractivity contribution in [2.24, 2.45) is 7.05 Å². The molecule has 2 aromatic heterocycles. The zero-order valence-corrected chi connectivity index (χ0v) is 13.5. The molecule has 0 unspecified atom stereocenters. The molecule has 4 rings (SSSR count). The van der Waals surface area contributed by atoms with Crippen LogP contribution in [-0.4, -0.2) is 45.9 Å². The van der Waals surface area contributed by atoms with Gasteiger partial charge >= 0.3 is 0 Å². The summed E-state index contributed by atoms with van der Waals surface area (Å²) in [5, 5.41) is 5.38. The Kier molecular flexibility index (Phi) is 3.60.